The zero-order valence-corrected chi connectivity index (χ0v) is 30.6. The van der Waals surface area contributed by atoms with E-state index in [1.165, 1.54) is 17.7 Å². The van der Waals surface area contributed by atoms with Crippen LogP contribution in [0.4, 0.5) is 11.4 Å². The maximum absolute atomic E-state index is 13.0. The Bertz CT molecular complexity index is 1750. The molecule has 0 saturated carbocycles. The number of para-hydroxylation sites is 1. The topological polar surface area (TPSA) is 218 Å². The van der Waals surface area contributed by atoms with Crippen molar-refractivity contribution in [3.63, 3.8) is 0 Å². The van der Waals surface area contributed by atoms with Crippen LogP contribution >= 0.6 is 11.6 Å². The first-order valence-corrected chi connectivity index (χ1v) is 17.6. The van der Waals surface area contributed by atoms with E-state index < -0.39 is 28.1 Å². The lowest BCUT2D eigenvalue weighted by Gasteiger charge is -2.37. The fourth-order valence-corrected chi connectivity index (χ4v) is 5.65. The van der Waals surface area contributed by atoms with Crippen molar-refractivity contribution in [1.29, 1.82) is 0 Å². The number of ether oxygens (including phenoxy) is 2. The number of carboxylic acid groups (broad SMARTS) is 2. The number of amides is 1. The summed E-state index contributed by atoms with van der Waals surface area (Å²) in [5.74, 6) is -2.04. The molecule has 0 radical (unpaired) electrons. The minimum Gasteiger partial charge on any atom is -0.491 e. The molecule has 0 bridgehead atoms. The summed E-state index contributed by atoms with van der Waals surface area (Å²) in [6.07, 6.45) is 1.21. The first kappa shape index (κ1) is 42.7. The number of carbonyl (C=O) groups is 3. The highest BCUT2D eigenvalue weighted by Crippen LogP contribution is 2.35. The Balaban J connectivity index is 0.000000298. The molecule has 1 amide bonds. The predicted octanol–water partition coefficient (Wildman–Crippen LogP) is 4.04. The van der Waals surface area contributed by atoms with Crippen LogP contribution in [0.3, 0.4) is 0 Å². The molecule has 4 rings (SSSR count). The van der Waals surface area contributed by atoms with Crippen molar-refractivity contribution in [3.8, 4) is 5.75 Å². The standard InChI is InChI=1S/C16H16ClN3O3S.C15H25NO3.C4H4O4/c1-9-5-3-4-6-14(9)20-10(2)19-13-8-12(17)15(24(18,22)23)7-11(13)16(20)21;1-12(2)16-10-14(17)11-19-15-6-4-13(5-7-15)8-9-18-3;5-3(6)1-2-4(7)8/h3-8,10,19H,1-2H3,(H2,18,22,23);4-7,12,14,16-17H,8-11H2,1-3H3;1-2H,(H,5,6)(H,7,8)/b;;2-1+. The van der Waals surface area contributed by atoms with Crippen LogP contribution in [0.15, 0.2) is 77.7 Å². The zero-order chi connectivity index (χ0) is 38.3. The van der Waals surface area contributed by atoms with Crippen LogP contribution in [0.25, 0.3) is 0 Å². The van der Waals surface area contributed by atoms with Gasteiger partial charge in [0.05, 0.1) is 22.9 Å². The number of benzene rings is 3. The highest BCUT2D eigenvalue weighted by Gasteiger charge is 2.33. The Hall–Kier alpha value is -4.51. The minimum absolute atomic E-state index is 0.0203. The molecule has 7 N–H and O–H groups in total. The number of anilines is 2. The Morgan fingerprint density at radius 1 is 1.08 bits per heavy atom. The number of nitrogens with one attached hydrogen (secondary N) is 2. The van der Waals surface area contributed by atoms with Gasteiger partial charge in [-0.1, -0.05) is 55.8 Å². The van der Waals surface area contributed by atoms with Gasteiger partial charge in [-0.15, -0.1) is 0 Å². The third kappa shape index (κ3) is 14.3. The van der Waals surface area contributed by atoms with E-state index in [0.29, 0.717) is 37.0 Å². The smallest absolute Gasteiger partial charge is 0.328 e. The predicted molar refractivity (Wildman–Crippen MR) is 195 cm³/mol. The van der Waals surface area contributed by atoms with Crippen LogP contribution in [-0.2, 0) is 30.8 Å². The number of rotatable bonds is 13. The highest BCUT2D eigenvalue weighted by molar-refractivity contribution is 7.89. The van der Waals surface area contributed by atoms with Gasteiger partial charge in [-0.3, -0.25) is 9.69 Å². The van der Waals surface area contributed by atoms with Crippen molar-refractivity contribution in [3.05, 3.63) is 94.5 Å². The summed E-state index contributed by atoms with van der Waals surface area (Å²) < 4.78 is 33.9. The zero-order valence-electron chi connectivity index (χ0n) is 29.0. The van der Waals surface area contributed by atoms with Gasteiger partial charge < -0.3 is 35.4 Å². The van der Waals surface area contributed by atoms with Crippen molar-refractivity contribution in [2.45, 2.75) is 57.3 Å². The van der Waals surface area contributed by atoms with Crippen LogP contribution in [0.1, 0.15) is 42.3 Å². The quantitative estimate of drug-likeness (QED) is 0.137. The number of nitrogens with two attached hydrogens (primary N) is 1. The summed E-state index contributed by atoms with van der Waals surface area (Å²) in [6.45, 7) is 9.41. The van der Waals surface area contributed by atoms with E-state index in [2.05, 4.69) is 10.6 Å². The number of primary sulfonamides is 1. The first-order chi connectivity index (χ1) is 23.9. The molecule has 1 heterocycles. The highest BCUT2D eigenvalue weighted by atomic mass is 35.5. The number of hydrogen-bond acceptors (Lipinski definition) is 10. The van der Waals surface area contributed by atoms with Crippen molar-refractivity contribution < 1.29 is 47.6 Å². The number of aryl methyl sites for hydroxylation is 1. The van der Waals surface area contributed by atoms with Gasteiger partial charge in [0, 0.05) is 37.5 Å². The number of fused-ring (bicyclic) bond motifs is 1. The van der Waals surface area contributed by atoms with Gasteiger partial charge >= 0.3 is 11.9 Å². The molecule has 1 aliphatic heterocycles. The van der Waals surface area contributed by atoms with Crippen LogP contribution in [0, 0.1) is 6.92 Å². The van der Waals surface area contributed by atoms with E-state index in [1.54, 1.807) is 12.0 Å². The van der Waals surface area contributed by atoms with Crippen molar-refractivity contribution >= 4 is 50.8 Å². The molecule has 1 aliphatic rings. The molecule has 0 fully saturated rings. The largest absolute Gasteiger partial charge is 0.491 e. The molecule has 3 aromatic carbocycles. The normalized spacial score (nSPS) is 14.4. The Morgan fingerprint density at radius 2 is 1.69 bits per heavy atom. The van der Waals surface area contributed by atoms with Crippen molar-refractivity contribution in [1.82, 2.24) is 5.32 Å². The maximum atomic E-state index is 13.0. The van der Waals surface area contributed by atoms with E-state index in [9.17, 15) is 27.9 Å². The number of aliphatic carboxylic acids is 2. The number of hydrogen-bond donors (Lipinski definition) is 6. The summed E-state index contributed by atoms with van der Waals surface area (Å²) in [7, 11) is -2.33. The molecule has 16 heteroatoms. The SMILES string of the molecule is COCCc1ccc(OCC(O)CNC(C)C)cc1.Cc1ccccc1N1C(=O)c2cc(S(N)(=O)=O)c(Cl)cc2NC1C.O=C(O)/C=C/C(=O)O. The molecule has 3 aromatic rings. The molecule has 0 spiro atoms. The number of carboxylic acids is 2. The lowest BCUT2D eigenvalue weighted by Crippen LogP contribution is -2.47. The Labute approximate surface area is 302 Å². The molecule has 2 unspecified atom stereocenters. The number of methoxy groups -OCH3 is 1. The van der Waals surface area contributed by atoms with Crippen LogP contribution in [-0.4, -0.2) is 86.8 Å². The summed E-state index contributed by atoms with van der Waals surface area (Å²) >= 11 is 6.00. The summed E-state index contributed by atoms with van der Waals surface area (Å²) in [5, 5.41) is 36.8. The van der Waals surface area contributed by atoms with Crippen LogP contribution < -0.4 is 25.4 Å². The molecule has 0 aliphatic carbocycles. The second kappa shape index (κ2) is 20.4. The van der Waals surface area contributed by atoms with Gasteiger partial charge in [0.25, 0.3) is 5.91 Å². The van der Waals surface area contributed by atoms with Gasteiger partial charge in [0.2, 0.25) is 10.0 Å². The van der Waals surface area contributed by atoms with E-state index in [0.717, 1.165) is 30.0 Å². The van der Waals surface area contributed by atoms with Gasteiger partial charge in [-0.25, -0.2) is 23.1 Å². The number of aliphatic hydroxyl groups excluding tert-OH is 1. The maximum Gasteiger partial charge on any atom is 0.328 e. The lowest BCUT2D eigenvalue weighted by molar-refractivity contribution is -0.134. The second-order valence-corrected chi connectivity index (χ2v) is 13.5. The summed E-state index contributed by atoms with van der Waals surface area (Å²) in [4.78, 5) is 33.4. The van der Waals surface area contributed by atoms with E-state index >= 15 is 0 Å². The van der Waals surface area contributed by atoms with Gasteiger partial charge in [0.1, 0.15) is 29.5 Å². The molecule has 278 valence electrons. The average Bonchev–Trinajstić information content (AvgIpc) is 3.05. The molecule has 0 aromatic heterocycles. The van der Waals surface area contributed by atoms with Crippen molar-refractivity contribution in [2.24, 2.45) is 5.14 Å². The van der Waals surface area contributed by atoms with E-state index in [4.69, 9.17) is 36.4 Å². The molecule has 14 nitrogen and oxygen atoms in total. The molecule has 51 heavy (non-hydrogen) atoms. The lowest BCUT2D eigenvalue weighted by atomic mass is 10.1. The number of carbonyl (C=O) groups excluding carboxylic acids is 1. The average molecular weight is 749 g/mol. The third-order valence-electron chi connectivity index (χ3n) is 7.05. The van der Waals surface area contributed by atoms with Crippen LogP contribution in [0.2, 0.25) is 5.02 Å². The Morgan fingerprint density at radius 3 is 2.22 bits per heavy atom. The van der Waals surface area contributed by atoms with Crippen molar-refractivity contribution in [2.75, 3.05) is 37.1 Å². The van der Waals surface area contributed by atoms with Gasteiger partial charge in [-0.2, -0.15) is 0 Å². The number of sulfonamides is 1. The third-order valence-corrected chi connectivity index (χ3v) is 8.42. The van der Waals surface area contributed by atoms with E-state index in [1.807, 2.05) is 76.2 Å². The summed E-state index contributed by atoms with van der Waals surface area (Å²) in [6, 6.07) is 18.4. The van der Waals surface area contributed by atoms with E-state index in [-0.39, 0.29) is 27.6 Å². The second-order valence-electron chi connectivity index (χ2n) is 11.6. The van der Waals surface area contributed by atoms with Gasteiger partial charge in [0.15, 0.2) is 0 Å². The number of aliphatic hydroxyl groups is 1. The number of nitrogens with zero attached hydrogens (tertiary/aromatic N) is 1. The Kier molecular flexibility index (Phi) is 17.0. The first-order valence-electron chi connectivity index (χ1n) is 15.7. The number of halogens is 1. The monoisotopic (exact) mass is 748 g/mol. The molecule has 2 atom stereocenters. The molecular weight excluding hydrogens is 704 g/mol. The minimum atomic E-state index is -4.02. The van der Waals surface area contributed by atoms with Crippen LogP contribution in [0.5, 0.6) is 5.75 Å². The summed E-state index contributed by atoms with van der Waals surface area (Å²) in [5.41, 5.74) is 3.60. The fraction of sp³-hybridized carbons (Fsp3) is 0.343. The molecular formula is C35H45ClN4O10S. The van der Waals surface area contributed by atoms with Gasteiger partial charge in [-0.05, 0) is 61.7 Å². The molecule has 0 saturated heterocycles. The fourth-order valence-electron chi connectivity index (χ4n) is 4.55.